The molecule has 0 aromatic rings. The van der Waals surface area contributed by atoms with Gasteiger partial charge in [0.25, 0.3) is 0 Å². The van der Waals surface area contributed by atoms with E-state index in [1.54, 1.807) is 0 Å². The number of rotatable bonds is 4. The Morgan fingerprint density at radius 3 is 2.39 bits per heavy atom. The minimum atomic E-state index is -0.278. The van der Waals surface area contributed by atoms with Crippen molar-refractivity contribution in [1.82, 2.24) is 20.4 Å². The summed E-state index contributed by atoms with van der Waals surface area (Å²) in [4.78, 5) is 28.8. The Morgan fingerprint density at radius 2 is 1.91 bits per heavy atom. The Balaban J connectivity index is 2.12. The van der Waals surface area contributed by atoms with Gasteiger partial charge in [0.1, 0.15) is 0 Å². The predicted octanol–water partition coefficient (Wildman–Crippen LogP) is 1.62. The Morgan fingerprint density at radius 1 is 1.30 bits per heavy atom. The maximum Gasteiger partial charge on any atom is 0.317 e. The molecule has 0 radical (unpaired) electrons. The average molecular weight is 324 g/mol. The van der Waals surface area contributed by atoms with Crippen molar-refractivity contribution in [3.05, 3.63) is 0 Å². The lowest BCUT2D eigenvalue weighted by Crippen LogP contribution is -2.61. The number of nitrogens with one attached hydrogen (secondary N) is 2. The van der Waals surface area contributed by atoms with Crippen molar-refractivity contribution in [2.45, 2.75) is 59.2 Å². The highest BCUT2D eigenvalue weighted by atomic mass is 16.2. The van der Waals surface area contributed by atoms with Crippen LogP contribution in [0.3, 0.4) is 0 Å². The van der Waals surface area contributed by atoms with Gasteiger partial charge in [0.05, 0.1) is 11.7 Å². The summed E-state index contributed by atoms with van der Waals surface area (Å²) in [5, 5.41) is 6.48. The molecule has 2 fully saturated rings. The van der Waals surface area contributed by atoms with Gasteiger partial charge in [0.15, 0.2) is 0 Å². The molecule has 132 valence electrons. The van der Waals surface area contributed by atoms with Crippen LogP contribution in [-0.4, -0.2) is 59.6 Å². The molecule has 3 amide bonds. The fraction of sp³-hybridized carbons (Fsp3) is 0.882. The highest BCUT2D eigenvalue weighted by Crippen LogP contribution is 2.34. The van der Waals surface area contributed by atoms with E-state index in [1.807, 2.05) is 11.8 Å². The van der Waals surface area contributed by atoms with Crippen molar-refractivity contribution >= 4 is 11.9 Å². The van der Waals surface area contributed by atoms with E-state index in [2.05, 4.69) is 43.2 Å². The van der Waals surface area contributed by atoms with Crippen LogP contribution in [-0.2, 0) is 4.79 Å². The standard InChI is InChI=1S/C17H32N4O2/c1-6-18-16(23)20-9-7-17(8-10-20)19-14(13(4)5)15(22)21(17)11-12(2)3/h12-14,19H,6-11H2,1-5H3,(H,18,23). The lowest BCUT2D eigenvalue weighted by atomic mass is 9.95. The van der Waals surface area contributed by atoms with Crippen molar-refractivity contribution in [3.8, 4) is 0 Å². The van der Waals surface area contributed by atoms with Gasteiger partial charge in [-0.1, -0.05) is 27.7 Å². The second-order valence-corrected chi connectivity index (χ2v) is 7.56. The Kier molecular flexibility index (Phi) is 5.55. The Bertz CT molecular complexity index is 442. The number of carbonyl (C=O) groups excluding carboxylic acids is 2. The first-order valence-corrected chi connectivity index (χ1v) is 8.92. The number of likely N-dealkylation sites (tertiary alicyclic amines) is 1. The van der Waals surface area contributed by atoms with Crippen LogP contribution >= 0.6 is 0 Å². The lowest BCUT2D eigenvalue weighted by molar-refractivity contribution is -0.134. The SMILES string of the molecule is CCNC(=O)N1CCC2(CC1)NC(C(C)C)C(=O)N2CC(C)C. The first-order valence-electron chi connectivity index (χ1n) is 8.92. The topological polar surface area (TPSA) is 64.7 Å². The van der Waals surface area contributed by atoms with E-state index in [4.69, 9.17) is 0 Å². The zero-order valence-corrected chi connectivity index (χ0v) is 15.2. The molecule has 2 saturated heterocycles. The van der Waals surface area contributed by atoms with Crippen LogP contribution in [0.4, 0.5) is 4.79 Å². The second-order valence-electron chi connectivity index (χ2n) is 7.56. The van der Waals surface area contributed by atoms with Gasteiger partial charge in [-0.15, -0.1) is 0 Å². The molecule has 2 aliphatic heterocycles. The third-order valence-electron chi connectivity index (χ3n) is 4.89. The van der Waals surface area contributed by atoms with Crippen molar-refractivity contribution in [2.75, 3.05) is 26.2 Å². The monoisotopic (exact) mass is 324 g/mol. The van der Waals surface area contributed by atoms with Crippen LogP contribution in [0.1, 0.15) is 47.5 Å². The molecular weight excluding hydrogens is 292 g/mol. The zero-order valence-electron chi connectivity index (χ0n) is 15.2. The Labute approximate surface area is 140 Å². The molecule has 1 atom stereocenters. The molecular formula is C17H32N4O2. The number of amides is 3. The molecule has 2 aliphatic rings. The first kappa shape index (κ1) is 18.0. The smallest absolute Gasteiger partial charge is 0.317 e. The number of piperidine rings is 1. The predicted molar refractivity (Wildman–Crippen MR) is 90.9 cm³/mol. The van der Waals surface area contributed by atoms with E-state index >= 15 is 0 Å². The van der Waals surface area contributed by atoms with E-state index in [0.717, 1.165) is 19.4 Å². The maximum atomic E-state index is 12.8. The van der Waals surface area contributed by atoms with Crippen molar-refractivity contribution < 1.29 is 9.59 Å². The van der Waals surface area contributed by atoms with Gasteiger partial charge in [-0.2, -0.15) is 0 Å². The maximum absolute atomic E-state index is 12.8. The van der Waals surface area contributed by atoms with Gasteiger partial charge in [0, 0.05) is 39.0 Å². The first-order chi connectivity index (χ1) is 10.8. The molecule has 0 saturated carbocycles. The summed E-state index contributed by atoms with van der Waals surface area (Å²) in [7, 11) is 0. The van der Waals surface area contributed by atoms with Crippen LogP contribution in [0.25, 0.3) is 0 Å². The van der Waals surface area contributed by atoms with Crippen LogP contribution in [0.15, 0.2) is 0 Å². The molecule has 0 bridgehead atoms. The number of urea groups is 1. The summed E-state index contributed by atoms with van der Waals surface area (Å²) in [6.07, 6.45) is 1.59. The van der Waals surface area contributed by atoms with Crippen molar-refractivity contribution in [2.24, 2.45) is 11.8 Å². The van der Waals surface area contributed by atoms with Gasteiger partial charge in [-0.05, 0) is 18.8 Å². The highest BCUT2D eigenvalue weighted by Gasteiger charge is 2.52. The molecule has 6 heteroatoms. The minimum Gasteiger partial charge on any atom is -0.338 e. The zero-order chi connectivity index (χ0) is 17.2. The molecule has 2 N–H and O–H groups in total. The molecule has 2 rings (SSSR count). The minimum absolute atomic E-state index is 0.00231. The molecule has 1 unspecified atom stereocenters. The summed E-state index contributed by atoms with van der Waals surface area (Å²) in [5.74, 6) is 0.933. The fourth-order valence-corrected chi connectivity index (χ4v) is 3.65. The molecule has 6 nitrogen and oxygen atoms in total. The molecule has 1 spiro atoms. The molecule has 0 aliphatic carbocycles. The van der Waals surface area contributed by atoms with E-state index in [1.165, 1.54) is 0 Å². The number of hydrogen-bond donors (Lipinski definition) is 2. The van der Waals surface area contributed by atoms with Gasteiger partial charge < -0.3 is 15.1 Å². The average Bonchev–Trinajstić information content (AvgIpc) is 2.74. The van der Waals surface area contributed by atoms with E-state index in [0.29, 0.717) is 25.6 Å². The van der Waals surface area contributed by atoms with Crippen molar-refractivity contribution in [1.29, 1.82) is 0 Å². The number of carbonyl (C=O) groups is 2. The van der Waals surface area contributed by atoms with Crippen LogP contribution in [0.2, 0.25) is 0 Å². The molecule has 23 heavy (non-hydrogen) atoms. The van der Waals surface area contributed by atoms with Crippen LogP contribution in [0.5, 0.6) is 0 Å². The lowest BCUT2D eigenvalue weighted by Gasteiger charge is -2.45. The summed E-state index contributed by atoms with van der Waals surface area (Å²) >= 11 is 0. The quantitative estimate of drug-likeness (QED) is 0.826. The number of nitrogens with zero attached hydrogens (tertiary/aromatic N) is 2. The van der Waals surface area contributed by atoms with Gasteiger partial charge >= 0.3 is 6.03 Å². The second kappa shape index (κ2) is 7.07. The summed E-state index contributed by atoms with van der Waals surface area (Å²) in [6, 6.07) is -0.104. The Hall–Kier alpha value is -1.30. The summed E-state index contributed by atoms with van der Waals surface area (Å²) < 4.78 is 0. The van der Waals surface area contributed by atoms with Crippen LogP contribution in [0, 0.1) is 11.8 Å². The molecule has 2 heterocycles. The summed E-state index contributed by atoms with van der Waals surface area (Å²) in [5.41, 5.74) is -0.278. The largest absolute Gasteiger partial charge is 0.338 e. The van der Waals surface area contributed by atoms with Gasteiger partial charge in [-0.25, -0.2) is 4.79 Å². The number of hydrogen-bond acceptors (Lipinski definition) is 3. The third kappa shape index (κ3) is 3.62. The summed E-state index contributed by atoms with van der Waals surface area (Å²) in [6.45, 7) is 13.2. The van der Waals surface area contributed by atoms with Gasteiger partial charge in [-0.3, -0.25) is 10.1 Å². The van der Waals surface area contributed by atoms with Gasteiger partial charge in [0.2, 0.25) is 5.91 Å². The normalized spacial score (nSPS) is 24.1. The van der Waals surface area contributed by atoms with Crippen LogP contribution < -0.4 is 10.6 Å². The molecule has 0 aromatic heterocycles. The van der Waals surface area contributed by atoms with E-state index in [9.17, 15) is 9.59 Å². The fourth-order valence-electron chi connectivity index (χ4n) is 3.65. The molecule has 0 aromatic carbocycles. The van der Waals surface area contributed by atoms with E-state index < -0.39 is 0 Å². The van der Waals surface area contributed by atoms with E-state index in [-0.39, 0.29) is 29.6 Å². The third-order valence-corrected chi connectivity index (χ3v) is 4.89. The highest BCUT2D eigenvalue weighted by molar-refractivity contribution is 5.85. The van der Waals surface area contributed by atoms with Crippen molar-refractivity contribution in [3.63, 3.8) is 0 Å².